The van der Waals surface area contributed by atoms with Crippen LogP contribution in [0.2, 0.25) is 0 Å². The van der Waals surface area contributed by atoms with Crippen LogP contribution in [0, 0.1) is 6.92 Å². The van der Waals surface area contributed by atoms with Gasteiger partial charge in [0.2, 0.25) is 0 Å². The van der Waals surface area contributed by atoms with Crippen LogP contribution in [0.3, 0.4) is 0 Å². The molecule has 1 aromatic carbocycles. The smallest absolute Gasteiger partial charge is 0.259 e. The van der Waals surface area contributed by atoms with Crippen molar-refractivity contribution in [1.29, 1.82) is 0 Å². The van der Waals surface area contributed by atoms with Gasteiger partial charge < -0.3 is 18.5 Å². The number of ether oxygens (including phenoxy) is 2. The molecule has 3 aromatic rings. The molecule has 0 spiro atoms. The maximum absolute atomic E-state index is 8.22. The first-order chi connectivity index (χ1) is 17.8. The van der Waals surface area contributed by atoms with E-state index in [1.54, 1.807) is 13.4 Å². The number of fused-ring (bicyclic) bond motifs is 1. The Morgan fingerprint density at radius 1 is 1.11 bits per heavy atom. The lowest BCUT2D eigenvalue weighted by Gasteiger charge is -2.38. The SMILES string of the molecule is [2H]CC1OC(n2cnc3c(C)ncnc32)C(OC)C1OP(OCCc1ccccc1)N(C(C)C)C(C)C. The second-order valence-corrected chi connectivity index (χ2v) is 10.9. The van der Waals surface area contributed by atoms with Crippen molar-refractivity contribution in [3.63, 3.8) is 0 Å². The van der Waals surface area contributed by atoms with Crippen LogP contribution in [0.15, 0.2) is 43.0 Å². The topological polar surface area (TPSA) is 83.8 Å². The van der Waals surface area contributed by atoms with Crippen LogP contribution >= 0.6 is 8.53 Å². The maximum Gasteiger partial charge on any atom is 0.259 e. The molecule has 1 fully saturated rings. The minimum absolute atomic E-state index is 0.0260. The minimum Gasteiger partial charge on any atom is -0.374 e. The van der Waals surface area contributed by atoms with Gasteiger partial charge >= 0.3 is 0 Å². The van der Waals surface area contributed by atoms with Crippen LogP contribution in [-0.2, 0) is 24.9 Å². The molecule has 5 unspecified atom stereocenters. The summed E-state index contributed by atoms with van der Waals surface area (Å²) < 4.78 is 37.8. The highest BCUT2D eigenvalue weighted by Gasteiger charge is 2.48. The van der Waals surface area contributed by atoms with Crippen LogP contribution < -0.4 is 0 Å². The Balaban J connectivity index is 1.59. The highest BCUT2D eigenvalue weighted by Crippen LogP contribution is 2.50. The number of hydrogen-bond acceptors (Lipinski definition) is 8. The molecule has 196 valence electrons. The highest BCUT2D eigenvalue weighted by molar-refractivity contribution is 7.44. The first kappa shape index (κ1) is 25.6. The van der Waals surface area contributed by atoms with E-state index >= 15 is 0 Å². The summed E-state index contributed by atoms with van der Waals surface area (Å²) in [6, 6.07) is 10.7. The van der Waals surface area contributed by atoms with Gasteiger partial charge in [0.1, 0.15) is 24.1 Å². The van der Waals surface area contributed by atoms with Crippen molar-refractivity contribution in [2.45, 2.75) is 84.6 Å². The Morgan fingerprint density at radius 2 is 1.86 bits per heavy atom. The molecule has 2 aromatic heterocycles. The van der Waals surface area contributed by atoms with Gasteiger partial charge in [0.15, 0.2) is 11.9 Å². The van der Waals surface area contributed by atoms with Gasteiger partial charge in [-0.2, -0.15) is 0 Å². The molecule has 5 atom stereocenters. The van der Waals surface area contributed by atoms with Gasteiger partial charge in [0.05, 0.1) is 24.7 Å². The van der Waals surface area contributed by atoms with Crippen LogP contribution in [-0.4, -0.2) is 68.3 Å². The van der Waals surface area contributed by atoms with E-state index in [-0.39, 0.29) is 19.0 Å². The quantitative estimate of drug-likeness (QED) is 0.327. The number of nitrogens with zero attached hydrogens (tertiary/aromatic N) is 5. The third-order valence-electron chi connectivity index (χ3n) is 6.27. The molecule has 36 heavy (non-hydrogen) atoms. The number of benzene rings is 1. The maximum atomic E-state index is 8.22. The molecule has 3 heterocycles. The lowest BCUT2D eigenvalue weighted by Crippen LogP contribution is -2.39. The molecule has 0 aliphatic carbocycles. The van der Waals surface area contributed by atoms with E-state index in [9.17, 15) is 0 Å². The van der Waals surface area contributed by atoms with Crippen molar-refractivity contribution in [3.8, 4) is 0 Å². The van der Waals surface area contributed by atoms with Crippen LogP contribution in [0.5, 0.6) is 0 Å². The Bertz CT molecular complexity index is 1130. The predicted molar refractivity (Wildman–Crippen MR) is 140 cm³/mol. The molecule has 0 N–H and O–H groups in total. The first-order valence-electron chi connectivity index (χ1n) is 13.1. The molecule has 1 saturated heterocycles. The fourth-order valence-electron chi connectivity index (χ4n) is 4.58. The Labute approximate surface area is 216 Å². The summed E-state index contributed by atoms with van der Waals surface area (Å²) in [5.41, 5.74) is 3.38. The van der Waals surface area contributed by atoms with E-state index < -0.39 is 33.1 Å². The zero-order chi connectivity index (χ0) is 26.5. The lowest BCUT2D eigenvalue weighted by atomic mass is 10.1. The highest BCUT2D eigenvalue weighted by atomic mass is 31.2. The second kappa shape index (κ2) is 12.0. The summed E-state index contributed by atoms with van der Waals surface area (Å²) >= 11 is 0. The predicted octanol–water partition coefficient (Wildman–Crippen LogP) is 5.06. The number of rotatable bonds is 11. The number of aryl methyl sites for hydroxylation is 1. The second-order valence-electron chi connectivity index (χ2n) is 9.49. The molecule has 0 saturated carbocycles. The fraction of sp³-hybridized carbons (Fsp3) is 0.577. The van der Waals surface area contributed by atoms with Crippen molar-refractivity contribution in [3.05, 3.63) is 54.2 Å². The molecule has 0 amide bonds. The normalized spacial score (nSPS) is 23.8. The van der Waals surface area contributed by atoms with Gasteiger partial charge in [-0.15, -0.1) is 0 Å². The summed E-state index contributed by atoms with van der Waals surface area (Å²) in [5, 5.41) is 0. The molecule has 0 bridgehead atoms. The van der Waals surface area contributed by atoms with Crippen molar-refractivity contribution in [2.75, 3.05) is 13.7 Å². The summed E-state index contributed by atoms with van der Waals surface area (Å²) in [7, 11) is 0.191. The zero-order valence-corrected chi connectivity index (χ0v) is 22.8. The molecule has 0 radical (unpaired) electrons. The minimum atomic E-state index is -1.45. The van der Waals surface area contributed by atoms with Crippen LogP contribution in [0.1, 0.15) is 53.5 Å². The van der Waals surface area contributed by atoms with Gasteiger partial charge in [-0.3, -0.25) is 4.57 Å². The number of hydrogen-bond donors (Lipinski definition) is 0. The Morgan fingerprint density at radius 3 is 2.53 bits per heavy atom. The summed E-state index contributed by atoms with van der Waals surface area (Å²) in [6.45, 7) is 11.0. The van der Waals surface area contributed by atoms with Gasteiger partial charge in [-0.05, 0) is 53.5 Å². The Kier molecular flexibility index (Phi) is 8.57. The van der Waals surface area contributed by atoms with Gasteiger partial charge in [-0.25, -0.2) is 19.6 Å². The summed E-state index contributed by atoms with van der Waals surface area (Å²) in [6.07, 6.45) is 1.97. The average molecular weight is 517 g/mol. The monoisotopic (exact) mass is 516 g/mol. The van der Waals surface area contributed by atoms with E-state index in [4.69, 9.17) is 19.9 Å². The third kappa shape index (κ3) is 5.77. The van der Waals surface area contributed by atoms with Crippen molar-refractivity contribution < 1.29 is 19.9 Å². The van der Waals surface area contributed by atoms with E-state index in [2.05, 4.69) is 59.5 Å². The third-order valence-corrected chi connectivity index (χ3v) is 8.40. The molecule has 4 rings (SSSR count). The molecule has 10 heteroatoms. The first-order valence-corrected chi connectivity index (χ1v) is 13.5. The van der Waals surface area contributed by atoms with Gasteiger partial charge in [0.25, 0.3) is 8.53 Å². The number of aromatic nitrogens is 4. The molecular weight excluding hydrogens is 477 g/mol. The number of imidazole rings is 1. The molecule has 9 nitrogen and oxygen atoms in total. The fourth-order valence-corrected chi connectivity index (χ4v) is 6.35. The molecule has 1 aliphatic rings. The van der Waals surface area contributed by atoms with Crippen LogP contribution in [0.25, 0.3) is 11.2 Å². The van der Waals surface area contributed by atoms with E-state index in [0.717, 1.165) is 12.1 Å². The average Bonchev–Trinajstić information content (AvgIpc) is 3.46. The lowest BCUT2D eigenvalue weighted by molar-refractivity contribution is -0.0466. The van der Waals surface area contributed by atoms with Crippen molar-refractivity contribution in [1.82, 2.24) is 24.2 Å². The standard InChI is InChI=1S/C26H38N5O4P/c1-17(2)31(18(3)4)36(33-14-13-21-11-9-8-10-12-21)35-23-20(6)34-26(24(23)32-7)30-16-29-22-19(5)27-15-28-25(22)30/h8-12,15-18,20,23-24,26H,13-14H2,1-7H3/i6D. The van der Waals surface area contributed by atoms with E-state index in [1.807, 2.05) is 29.7 Å². The Hall–Kier alpha value is -2.00. The van der Waals surface area contributed by atoms with E-state index in [1.165, 1.54) is 11.9 Å². The molecular formula is C26H38N5O4P. The zero-order valence-electron chi connectivity index (χ0n) is 22.9. The van der Waals surface area contributed by atoms with Crippen molar-refractivity contribution >= 4 is 19.7 Å². The largest absolute Gasteiger partial charge is 0.374 e. The van der Waals surface area contributed by atoms with Gasteiger partial charge in [0, 0.05) is 20.6 Å². The van der Waals surface area contributed by atoms with Crippen LogP contribution in [0.4, 0.5) is 0 Å². The van der Waals surface area contributed by atoms with Crippen molar-refractivity contribution in [2.24, 2.45) is 0 Å². The summed E-state index contributed by atoms with van der Waals surface area (Å²) in [5.74, 6) is 0. The summed E-state index contributed by atoms with van der Waals surface area (Å²) in [4.78, 5) is 13.2. The van der Waals surface area contributed by atoms with Gasteiger partial charge in [-0.1, -0.05) is 30.3 Å². The van der Waals surface area contributed by atoms with E-state index in [0.29, 0.717) is 17.8 Å². The number of methoxy groups -OCH3 is 1. The molecule has 1 aliphatic heterocycles.